The maximum absolute atomic E-state index is 8.57. The lowest BCUT2D eigenvalue weighted by atomic mass is 10.1. The summed E-state index contributed by atoms with van der Waals surface area (Å²) in [6.07, 6.45) is 14.4. The number of unbranched alkanes of at least 4 members (excludes halogenated alkanes) is 10. The number of hydrogen-bond donors (Lipinski definition) is 1. The zero-order valence-electron chi connectivity index (χ0n) is 24.5. The Labute approximate surface area is 228 Å². The normalized spacial score (nSPS) is 12.0. The number of rotatable bonds is 31. The smallest absolute Gasteiger partial charge is 0.0701 e. The highest BCUT2D eigenvalue weighted by atomic mass is 16.6. The zero-order chi connectivity index (χ0) is 27.1. The standard InChI is InChI=1S/C29H60O8/c1-29(2,3)37-17-14-12-10-8-6-4-5-7-9-11-13-16-31-19-21-33-23-25-35-27-28-36-26-24-34-22-20-32-18-15-30/h30H,4-28H2,1-3H3. The van der Waals surface area contributed by atoms with Crippen molar-refractivity contribution >= 4 is 0 Å². The average Bonchev–Trinajstić information content (AvgIpc) is 2.86. The Morgan fingerprint density at radius 1 is 0.351 bits per heavy atom. The van der Waals surface area contributed by atoms with E-state index >= 15 is 0 Å². The number of ether oxygens (including phenoxy) is 7. The largest absolute Gasteiger partial charge is 0.394 e. The van der Waals surface area contributed by atoms with Crippen molar-refractivity contribution in [2.24, 2.45) is 0 Å². The van der Waals surface area contributed by atoms with E-state index in [1.54, 1.807) is 0 Å². The molecule has 0 aliphatic carbocycles. The van der Waals surface area contributed by atoms with Crippen LogP contribution in [0.25, 0.3) is 0 Å². The van der Waals surface area contributed by atoms with E-state index in [1.807, 2.05) is 0 Å². The summed E-state index contributed by atoms with van der Waals surface area (Å²) >= 11 is 0. The predicted molar refractivity (Wildman–Crippen MR) is 148 cm³/mol. The van der Waals surface area contributed by atoms with Gasteiger partial charge in [0.25, 0.3) is 0 Å². The van der Waals surface area contributed by atoms with Crippen LogP contribution in [0.2, 0.25) is 0 Å². The highest BCUT2D eigenvalue weighted by Gasteiger charge is 2.08. The van der Waals surface area contributed by atoms with Crippen LogP contribution in [0.5, 0.6) is 0 Å². The molecule has 0 aromatic heterocycles. The van der Waals surface area contributed by atoms with Crippen molar-refractivity contribution in [3.05, 3.63) is 0 Å². The van der Waals surface area contributed by atoms with Gasteiger partial charge in [-0.2, -0.15) is 0 Å². The summed E-state index contributed by atoms with van der Waals surface area (Å²) in [6.45, 7) is 14.0. The SMILES string of the molecule is CC(C)(C)OCCCCCCCCCCCCCOCCOCCOCCOCCOCCOCCO. The first-order chi connectivity index (χ1) is 18.1. The maximum Gasteiger partial charge on any atom is 0.0701 e. The van der Waals surface area contributed by atoms with Crippen molar-refractivity contribution < 1.29 is 38.3 Å². The van der Waals surface area contributed by atoms with Crippen molar-refractivity contribution in [3.63, 3.8) is 0 Å². The van der Waals surface area contributed by atoms with Crippen LogP contribution < -0.4 is 0 Å². The van der Waals surface area contributed by atoms with Crippen LogP contribution in [0.3, 0.4) is 0 Å². The molecule has 0 fully saturated rings. The molecular weight excluding hydrogens is 476 g/mol. The highest BCUT2D eigenvalue weighted by Crippen LogP contribution is 2.13. The second kappa shape index (κ2) is 30.2. The van der Waals surface area contributed by atoms with Crippen LogP contribution in [0.15, 0.2) is 0 Å². The third-order valence-corrected chi connectivity index (χ3v) is 5.56. The third kappa shape index (κ3) is 35.7. The van der Waals surface area contributed by atoms with Crippen LogP contribution in [-0.4, -0.2) is 103 Å². The average molecular weight is 537 g/mol. The Balaban J connectivity index is 3.04. The van der Waals surface area contributed by atoms with Crippen LogP contribution in [0.1, 0.15) is 91.4 Å². The van der Waals surface area contributed by atoms with E-state index in [4.69, 9.17) is 38.3 Å². The lowest BCUT2D eigenvalue weighted by Crippen LogP contribution is -2.19. The molecule has 0 aromatic rings. The van der Waals surface area contributed by atoms with Crippen LogP contribution in [-0.2, 0) is 33.2 Å². The topological polar surface area (TPSA) is 84.8 Å². The molecule has 8 nitrogen and oxygen atoms in total. The van der Waals surface area contributed by atoms with Gasteiger partial charge in [0.2, 0.25) is 0 Å². The fourth-order valence-electron chi connectivity index (χ4n) is 3.54. The van der Waals surface area contributed by atoms with Crippen molar-refractivity contribution in [1.29, 1.82) is 0 Å². The zero-order valence-corrected chi connectivity index (χ0v) is 24.5. The van der Waals surface area contributed by atoms with Gasteiger partial charge in [-0.3, -0.25) is 0 Å². The Morgan fingerprint density at radius 2 is 0.622 bits per heavy atom. The summed E-state index contributed by atoms with van der Waals surface area (Å²) in [7, 11) is 0. The molecule has 0 amide bonds. The number of aliphatic hydroxyl groups is 1. The van der Waals surface area contributed by atoms with E-state index < -0.39 is 0 Å². The van der Waals surface area contributed by atoms with Crippen LogP contribution in [0.4, 0.5) is 0 Å². The first-order valence-corrected chi connectivity index (χ1v) is 14.8. The molecule has 0 atom stereocenters. The molecular formula is C29H60O8. The van der Waals surface area contributed by atoms with Crippen molar-refractivity contribution in [1.82, 2.24) is 0 Å². The summed E-state index contributed by atoms with van der Waals surface area (Å²) in [5, 5.41) is 8.57. The van der Waals surface area contributed by atoms with E-state index in [1.165, 1.54) is 64.2 Å². The summed E-state index contributed by atoms with van der Waals surface area (Å²) in [5.74, 6) is 0. The van der Waals surface area contributed by atoms with Crippen molar-refractivity contribution in [3.8, 4) is 0 Å². The van der Waals surface area contributed by atoms with Gasteiger partial charge in [-0.05, 0) is 33.6 Å². The maximum atomic E-state index is 8.57. The molecule has 0 saturated carbocycles. The predicted octanol–water partition coefficient (Wildman–Crippen LogP) is 5.18. The Bertz CT molecular complexity index is 417. The van der Waals surface area contributed by atoms with E-state index in [9.17, 15) is 0 Å². The molecule has 0 unspecified atom stereocenters. The van der Waals surface area contributed by atoms with E-state index in [0.29, 0.717) is 72.7 Å². The molecule has 0 aliphatic heterocycles. The fourth-order valence-corrected chi connectivity index (χ4v) is 3.54. The van der Waals surface area contributed by atoms with Gasteiger partial charge in [0.05, 0.1) is 84.9 Å². The summed E-state index contributed by atoms with van der Waals surface area (Å²) < 4.78 is 38.2. The third-order valence-electron chi connectivity index (χ3n) is 5.56. The van der Waals surface area contributed by atoms with Gasteiger partial charge >= 0.3 is 0 Å². The highest BCUT2D eigenvalue weighted by molar-refractivity contribution is 4.58. The Kier molecular flexibility index (Phi) is 30.0. The molecule has 0 spiro atoms. The van der Waals surface area contributed by atoms with Gasteiger partial charge in [0, 0.05) is 13.2 Å². The Morgan fingerprint density at radius 3 is 0.946 bits per heavy atom. The molecule has 0 saturated heterocycles. The summed E-state index contributed by atoms with van der Waals surface area (Å²) in [5.41, 5.74) is 0.00430. The lowest BCUT2D eigenvalue weighted by Gasteiger charge is -2.19. The monoisotopic (exact) mass is 536 g/mol. The van der Waals surface area contributed by atoms with Crippen LogP contribution in [0, 0.1) is 0 Å². The minimum Gasteiger partial charge on any atom is -0.394 e. The molecule has 0 radical (unpaired) electrons. The van der Waals surface area contributed by atoms with E-state index in [2.05, 4.69) is 20.8 Å². The Hall–Kier alpha value is -0.320. The summed E-state index contributed by atoms with van der Waals surface area (Å²) in [6, 6.07) is 0. The minimum atomic E-state index is 0.00430. The molecule has 8 heteroatoms. The fraction of sp³-hybridized carbons (Fsp3) is 1.00. The second-order valence-corrected chi connectivity index (χ2v) is 10.2. The van der Waals surface area contributed by atoms with Gasteiger partial charge in [-0.25, -0.2) is 0 Å². The van der Waals surface area contributed by atoms with Gasteiger partial charge in [-0.15, -0.1) is 0 Å². The second-order valence-electron chi connectivity index (χ2n) is 10.2. The van der Waals surface area contributed by atoms with Gasteiger partial charge in [0.1, 0.15) is 0 Å². The molecule has 1 N–H and O–H groups in total. The molecule has 0 bridgehead atoms. The molecule has 0 heterocycles. The number of hydrogen-bond acceptors (Lipinski definition) is 8. The van der Waals surface area contributed by atoms with E-state index in [0.717, 1.165) is 19.6 Å². The van der Waals surface area contributed by atoms with Crippen molar-refractivity contribution in [2.75, 3.05) is 92.5 Å². The molecule has 0 rings (SSSR count). The van der Waals surface area contributed by atoms with Crippen LogP contribution >= 0.6 is 0 Å². The lowest BCUT2D eigenvalue weighted by molar-refractivity contribution is -0.0182. The quantitative estimate of drug-likeness (QED) is 0.121. The number of aliphatic hydroxyl groups excluding tert-OH is 1. The van der Waals surface area contributed by atoms with Gasteiger partial charge in [0.15, 0.2) is 0 Å². The van der Waals surface area contributed by atoms with Gasteiger partial charge in [-0.1, -0.05) is 57.8 Å². The molecule has 0 aromatic carbocycles. The van der Waals surface area contributed by atoms with E-state index in [-0.39, 0.29) is 12.2 Å². The molecule has 224 valence electrons. The minimum absolute atomic E-state index is 0.00430. The molecule has 37 heavy (non-hydrogen) atoms. The van der Waals surface area contributed by atoms with Gasteiger partial charge < -0.3 is 38.3 Å². The molecule has 0 aliphatic rings. The summed E-state index contributed by atoms with van der Waals surface area (Å²) in [4.78, 5) is 0. The first kappa shape index (κ1) is 36.7. The van der Waals surface area contributed by atoms with Crippen molar-refractivity contribution in [2.45, 2.75) is 97.0 Å². The first-order valence-electron chi connectivity index (χ1n) is 14.8.